The Hall–Kier alpha value is -1.36. The first-order valence-corrected chi connectivity index (χ1v) is 5.45. The molecule has 1 fully saturated rings. The molecule has 80 valence electrons. The average Bonchev–Trinajstić information content (AvgIpc) is 2.93. The summed E-state index contributed by atoms with van der Waals surface area (Å²) in [6, 6.07) is 2.94. The standard InChI is InChI=1S/C10H15N5/c1-2-15-9-6-11-5-8(9)13-10(15)7-3-4-12-14-7/h3-4,8-9,11H,2,5-6H2,1H3,(H,12,14). The second-order valence-electron chi connectivity index (χ2n) is 4.00. The van der Waals surface area contributed by atoms with E-state index in [9.17, 15) is 0 Å². The van der Waals surface area contributed by atoms with Gasteiger partial charge in [0.05, 0.1) is 17.8 Å². The topological polar surface area (TPSA) is 56.3 Å². The van der Waals surface area contributed by atoms with E-state index in [2.05, 4.69) is 27.3 Å². The van der Waals surface area contributed by atoms with Crippen LogP contribution in [0.15, 0.2) is 17.3 Å². The molecule has 3 rings (SSSR count). The lowest BCUT2D eigenvalue weighted by atomic mass is 10.2. The van der Waals surface area contributed by atoms with Crippen LogP contribution in [0.2, 0.25) is 0 Å². The molecule has 1 aromatic rings. The number of aromatic amines is 1. The Morgan fingerprint density at radius 2 is 2.47 bits per heavy atom. The Balaban J connectivity index is 1.95. The van der Waals surface area contributed by atoms with Crippen molar-refractivity contribution in [3.63, 3.8) is 0 Å². The van der Waals surface area contributed by atoms with E-state index in [0.717, 1.165) is 31.2 Å². The summed E-state index contributed by atoms with van der Waals surface area (Å²) < 4.78 is 0. The van der Waals surface area contributed by atoms with Gasteiger partial charge in [0.1, 0.15) is 5.84 Å². The van der Waals surface area contributed by atoms with E-state index in [0.29, 0.717) is 12.1 Å². The Morgan fingerprint density at radius 3 is 3.20 bits per heavy atom. The van der Waals surface area contributed by atoms with Crippen molar-refractivity contribution in [2.24, 2.45) is 4.99 Å². The Bertz CT molecular complexity index is 369. The number of nitrogens with one attached hydrogen (secondary N) is 2. The molecule has 0 aromatic carbocycles. The van der Waals surface area contributed by atoms with Gasteiger partial charge in [-0.05, 0) is 13.0 Å². The van der Waals surface area contributed by atoms with Gasteiger partial charge in [0.15, 0.2) is 0 Å². The lowest BCUT2D eigenvalue weighted by Crippen LogP contribution is -2.40. The summed E-state index contributed by atoms with van der Waals surface area (Å²) in [7, 11) is 0. The predicted molar refractivity (Wildman–Crippen MR) is 58.0 cm³/mol. The minimum Gasteiger partial charge on any atom is -0.349 e. The van der Waals surface area contributed by atoms with Crippen molar-refractivity contribution in [2.45, 2.75) is 19.0 Å². The van der Waals surface area contributed by atoms with Gasteiger partial charge in [0.2, 0.25) is 0 Å². The highest BCUT2D eigenvalue weighted by Gasteiger charge is 2.39. The maximum Gasteiger partial charge on any atom is 0.150 e. The first-order chi connectivity index (χ1) is 7.40. The lowest BCUT2D eigenvalue weighted by Gasteiger charge is -2.24. The van der Waals surface area contributed by atoms with Crippen LogP contribution in [0.5, 0.6) is 0 Å². The molecule has 2 atom stereocenters. The monoisotopic (exact) mass is 205 g/mol. The number of H-pyrrole nitrogens is 1. The Labute approximate surface area is 88.6 Å². The zero-order chi connectivity index (χ0) is 10.3. The van der Waals surface area contributed by atoms with Crippen molar-refractivity contribution in [1.29, 1.82) is 0 Å². The van der Waals surface area contributed by atoms with Crippen LogP contribution in [-0.4, -0.2) is 52.7 Å². The van der Waals surface area contributed by atoms with Crippen LogP contribution in [-0.2, 0) is 0 Å². The van der Waals surface area contributed by atoms with E-state index in [1.54, 1.807) is 6.20 Å². The average molecular weight is 205 g/mol. The number of aliphatic imine (C=N–C) groups is 1. The fourth-order valence-electron chi connectivity index (χ4n) is 2.48. The highest BCUT2D eigenvalue weighted by molar-refractivity contribution is 5.98. The van der Waals surface area contributed by atoms with Crippen LogP contribution in [0, 0.1) is 0 Å². The third-order valence-electron chi connectivity index (χ3n) is 3.19. The summed E-state index contributed by atoms with van der Waals surface area (Å²) in [6.07, 6.45) is 1.78. The Kier molecular flexibility index (Phi) is 1.98. The molecule has 2 unspecified atom stereocenters. The molecule has 5 nitrogen and oxygen atoms in total. The molecule has 1 saturated heterocycles. The summed E-state index contributed by atoms with van der Waals surface area (Å²) in [5, 5.41) is 10.4. The van der Waals surface area contributed by atoms with Crippen molar-refractivity contribution in [3.05, 3.63) is 18.0 Å². The molecule has 3 heterocycles. The summed E-state index contributed by atoms with van der Waals surface area (Å²) in [5.74, 6) is 1.08. The predicted octanol–water partition coefficient (Wildman–Crippen LogP) is -0.168. The number of hydrogen-bond acceptors (Lipinski definition) is 4. The molecular weight excluding hydrogens is 190 g/mol. The number of nitrogens with zero attached hydrogens (tertiary/aromatic N) is 3. The fraction of sp³-hybridized carbons (Fsp3) is 0.600. The fourth-order valence-corrected chi connectivity index (χ4v) is 2.48. The van der Waals surface area contributed by atoms with E-state index in [-0.39, 0.29) is 0 Å². The number of fused-ring (bicyclic) bond motifs is 1. The van der Waals surface area contributed by atoms with Gasteiger partial charge < -0.3 is 10.2 Å². The number of hydrogen-bond donors (Lipinski definition) is 2. The van der Waals surface area contributed by atoms with Gasteiger partial charge in [0, 0.05) is 25.8 Å². The second-order valence-corrected chi connectivity index (χ2v) is 4.00. The first-order valence-electron chi connectivity index (χ1n) is 5.45. The van der Waals surface area contributed by atoms with Crippen LogP contribution >= 0.6 is 0 Å². The molecule has 0 amide bonds. The maximum atomic E-state index is 4.75. The van der Waals surface area contributed by atoms with Gasteiger partial charge in [-0.1, -0.05) is 0 Å². The van der Waals surface area contributed by atoms with Crippen LogP contribution in [0.1, 0.15) is 12.6 Å². The molecule has 0 aliphatic carbocycles. The number of likely N-dealkylation sites (N-methyl/N-ethyl adjacent to an activating group) is 1. The van der Waals surface area contributed by atoms with Crippen LogP contribution in [0.25, 0.3) is 0 Å². The lowest BCUT2D eigenvalue weighted by molar-refractivity contribution is 0.355. The van der Waals surface area contributed by atoms with Gasteiger partial charge >= 0.3 is 0 Å². The molecule has 0 saturated carbocycles. The van der Waals surface area contributed by atoms with E-state index in [4.69, 9.17) is 4.99 Å². The van der Waals surface area contributed by atoms with Crippen molar-refractivity contribution in [1.82, 2.24) is 20.4 Å². The summed E-state index contributed by atoms with van der Waals surface area (Å²) in [4.78, 5) is 7.11. The van der Waals surface area contributed by atoms with Crippen molar-refractivity contribution in [3.8, 4) is 0 Å². The van der Waals surface area contributed by atoms with Crippen molar-refractivity contribution >= 4 is 5.84 Å². The van der Waals surface area contributed by atoms with Crippen molar-refractivity contribution in [2.75, 3.05) is 19.6 Å². The number of aromatic nitrogens is 2. The van der Waals surface area contributed by atoms with Gasteiger partial charge in [-0.2, -0.15) is 5.10 Å². The van der Waals surface area contributed by atoms with Crippen LogP contribution < -0.4 is 5.32 Å². The van der Waals surface area contributed by atoms with E-state index >= 15 is 0 Å². The normalized spacial score (nSPS) is 29.4. The van der Waals surface area contributed by atoms with Crippen molar-refractivity contribution < 1.29 is 0 Å². The second kappa shape index (κ2) is 3.34. The summed E-state index contributed by atoms with van der Waals surface area (Å²) in [6.45, 7) is 5.21. The molecule has 5 heteroatoms. The molecule has 2 aliphatic rings. The quantitative estimate of drug-likeness (QED) is 0.705. The highest BCUT2D eigenvalue weighted by atomic mass is 15.3. The molecule has 0 radical (unpaired) electrons. The van der Waals surface area contributed by atoms with E-state index < -0.39 is 0 Å². The largest absolute Gasteiger partial charge is 0.349 e. The van der Waals surface area contributed by atoms with Gasteiger partial charge in [-0.3, -0.25) is 10.1 Å². The molecule has 2 N–H and O–H groups in total. The third kappa shape index (κ3) is 1.26. The Morgan fingerprint density at radius 1 is 1.53 bits per heavy atom. The molecule has 2 aliphatic heterocycles. The molecule has 0 bridgehead atoms. The molecule has 1 aromatic heterocycles. The van der Waals surface area contributed by atoms with E-state index in [1.165, 1.54) is 0 Å². The summed E-state index contributed by atoms with van der Waals surface area (Å²) >= 11 is 0. The zero-order valence-corrected chi connectivity index (χ0v) is 8.77. The van der Waals surface area contributed by atoms with Gasteiger partial charge in [-0.15, -0.1) is 0 Å². The number of rotatable bonds is 2. The minimum atomic E-state index is 0.420. The van der Waals surface area contributed by atoms with E-state index in [1.807, 2.05) is 6.07 Å². The van der Waals surface area contributed by atoms with Crippen LogP contribution in [0.3, 0.4) is 0 Å². The zero-order valence-electron chi connectivity index (χ0n) is 8.77. The maximum absolute atomic E-state index is 4.75. The molecule has 0 spiro atoms. The third-order valence-corrected chi connectivity index (χ3v) is 3.19. The van der Waals surface area contributed by atoms with Crippen LogP contribution in [0.4, 0.5) is 0 Å². The smallest absolute Gasteiger partial charge is 0.150 e. The highest BCUT2D eigenvalue weighted by Crippen LogP contribution is 2.23. The SMILES string of the molecule is CCN1C(c2ccn[nH]2)=NC2CNCC21. The minimum absolute atomic E-state index is 0.420. The van der Waals surface area contributed by atoms with Gasteiger partial charge in [-0.25, -0.2) is 0 Å². The molecular formula is C10H15N5. The number of amidine groups is 1. The molecule has 15 heavy (non-hydrogen) atoms. The first kappa shape index (κ1) is 8.91. The summed E-state index contributed by atoms with van der Waals surface area (Å²) in [5.41, 5.74) is 1.03. The van der Waals surface area contributed by atoms with Gasteiger partial charge in [0.25, 0.3) is 0 Å².